The largest absolute Gasteiger partial charge is 0.467 e. The van der Waals surface area contributed by atoms with Crippen LogP contribution in [0.4, 0.5) is 0 Å². The normalized spacial score (nSPS) is 18.6. The molecule has 1 aromatic heterocycles. The van der Waals surface area contributed by atoms with E-state index in [-0.39, 0.29) is 41.8 Å². The van der Waals surface area contributed by atoms with Crippen LogP contribution in [0, 0.1) is 11.3 Å². The first kappa shape index (κ1) is 25.4. The van der Waals surface area contributed by atoms with Crippen molar-refractivity contribution in [3.05, 3.63) is 24.2 Å². The molecule has 2 amide bonds. The molecular weight excluding hydrogens is 392 g/mol. The average Bonchev–Trinajstić information content (AvgIpc) is 3.37. The average molecular weight is 435 g/mol. The van der Waals surface area contributed by atoms with Gasteiger partial charge >= 0.3 is 0 Å². The highest BCUT2D eigenvalue weighted by molar-refractivity contribution is 5.85. The van der Waals surface area contributed by atoms with E-state index in [1.165, 1.54) is 0 Å². The molecule has 0 saturated carbocycles. The number of rotatable bonds is 11. The Morgan fingerprint density at radius 3 is 2.52 bits per heavy atom. The van der Waals surface area contributed by atoms with Crippen LogP contribution in [-0.2, 0) is 20.9 Å². The molecule has 6 nitrogen and oxygen atoms in total. The zero-order valence-corrected chi connectivity index (χ0v) is 20.4. The second-order valence-corrected chi connectivity index (χ2v) is 10.3. The molecule has 1 aliphatic heterocycles. The van der Waals surface area contributed by atoms with Crippen LogP contribution < -0.4 is 0 Å². The van der Waals surface area contributed by atoms with Gasteiger partial charge in [0.2, 0.25) is 11.8 Å². The number of carbonyl (C=O) groups is 2. The summed E-state index contributed by atoms with van der Waals surface area (Å²) in [5.41, 5.74) is 0.178. The van der Waals surface area contributed by atoms with Gasteiger partial charge in [0.15, 0.2) is 0 Å². The fourth-order valence-electron chi connectivity index (χ4n) is 4.37. The standard InChI is InChI=1S/C25H42N2O4/c1-7-20(3)27(23(28)14-19(2)15-25(4,5)6)18-24(29)26(16-21-10-8-12-30-21)17-22-11-9-13-31-22/h8,10,12,19-20,22H,7,9,11,13-18H2,1-6H3/t19-,20+,22-/m1/s1. The Balaban J connectivity index is 2.07. The maximum absolute atomic E-state index is 13.3. The van der Waals surface area contributed by atoms with Crippen molar-refractivity contribution in [3.63, 3.8) is 0 Å². The molecule has 1 saturated heterocycles. The maximum Gasteiger partial charge on any atom is 0.242 e. The monoisotopic (exact) mass is 434 g/mol. The van der Waals surface area contributed by atoms with E-state index in [2.05, 4.69) is 34.6 Å². The minimum absolute atomic E-state index is 0.0199. The second kappa shape index (κ2) is 11.7. The van der Waals surface area contributed by atoms with Crippen LogP contribution in [0.2, 0.25) is 0 Å². The third-order valence-electron chi connectivity index (χ3n) is 5.96. The molecule has 0 aromatic carbocycles. The lowest BCUT2D eigenvalue weighted by atomic mass is 9.84. The van der Waals surface area contributed by atoms with Gasteiger partial charge in [-0.2, -0.15) is 0 Å². The smallest absolute Gasteiger partial charge is 0.242 e. The molecule has 1 aromatic rings. The molecule has 2 heterocycles. The lowest BCUT2D eigenvalue weighted by Crippen LogP contribution is -2.48. The minimum Gasteiger partial charge on any atom is -0.467 e. The van der Waals surface area contributed by atoms with Gasteiger partial charge in [0.25, 0.3) is 0 Å². The summed E-state index contributed by atoms with van der Waals surface area (Å²) in [6, 6.07) is 3.73. The quantitative estimate of drug-likeness (QED) is 0.498. The summed E-state index contributed by atoms with van der Waals surface area (Å²) in [6.45, 7) is 14.6. The van der Waals surface area contributed by atoms with Gasteiger partial charge in [0.05, 0.1) is 18.9 Å². The van der Waals surface area contributed by atoms with Crippen LogP contribution in [0.3, 0.4) is 0 Å². The maximum atomic E-state index is 13.3. The summed E-state index contributed by atoms with van der Waals surface area (Å²) < 4.78 is 11.3. The van der Waals surface area contributed by atoms with E-state index in [4.69, 9.17) is 9.15 Å². The van der Waals surface area contributed by atoms with Gasteiger partial charge in [0.1, 0.15) is 12.3 Å². The molecule has 6 heteroatoms. The van der Waals surface area contributed by atoms with Gasteiger partial charge in [-0.15, -0.1) is 0 Å². The number of hydrogen-bond acceptors (Lipinski definition) is 4. The van der Waals surface area contributed by atoms with E-state index >= 15 is 0 Å². The van der Waals surface area contributed by atoms with Crippen molar-refractivity contribution in [1.82, 2.24) is 9.80 Å². The molecule has 0 aliphatic carbocycles. The van der Waals surface area contributed by atoms with Crippen LogP contribution in [0.15, 0.2) is 22.8 Å². The van der Waals surface area contributed by atoms with Crippen LogP contribution in [0.5, 0.6) is 0 Å². The molecule has 0 radical (unpaired) electrons. The van der Waals surface area contributed by atoms with Gasteiger partial charge in [-0.1, -0.05) is 34.6 Å². The van der Waals surface area contributed by atoms with Crippen molar-refractivity contribution in [2.24, 2.45) is 11.3 Å². The van der Waals surface area contributed by atoms with Gasteiger partial charge in [-0.3, -0.25) is 9.59 Å². The van der Waals surface area contributed by atoms with Crippen molar-refractivity contribution in [2.45, 2.75) is 92.3 Å². The molecule has 3 atom stereocenters. The topological polar surface area (TPSA) is 63.0 Å². The number of nitrogens with zero attached hydrogens (tertiary/aromatic N) is 2. The number of amides is 2. The summed E-state index contributed by atoms with van der Waals surface area (Å²) in [7, 11) is 0. The van der Waals surface area contributed by atoms with Crippen LogP contribution in [-0.4, -0.2) is 53.5 Å². The van der Waals surface area contributed by atoms with Gasteiger partial charge in [0, 0.05) is 25.6 Å². The van der Waals surface area contributed by atoms with Crippen molar-refractivity contribution >= 4 is 11.8 Å². The third kappa shape index (κ3) is 8.68. The molecule has 0 unspecified atom stereocenters. The van der Waals surface area contributed by atoms with E-state index in [1.807, 2.05) is 19.1 Å². The Morgan fingerprint density at radius 2 is 1.97 bits per heavy atom. The van der Waals surface area contributed by atoms with Crippen molar-refractivity contribution in [1.29, 1.82) is 0 Å². The predicted octanol–water partition coefficient (Wildman–Crippen LogP) is 4.88. The molecule has 31 heavy (non-hydrogen) atoms. The van der Waals surface area contributed by atoms with Gasteiger partial charge < -0.3 is 19.0 Å². The Labute approximate surface area is 188 Å². The zero-order valence-electron chi connectivity index (χ0n) is 20.4. The van der Waals surface area contributed by atoms with Gasteiger partial charge in [-0.05, 0) is 56.1 Å². The first-order valence-electron chi connectivity index (χ1n) is 11.8. The molecular formula is C25H42N2O4. The lowest BCUT2D eigenvalue weighted by molar-refractivity contribution is -0.144. The molecule has 0 spiro atoms. The van der Waals surface area contributed by atoms with Crippen molar-refractivity contribution in [3.8, 4) is 0 Å². The SMILES string of the molecule is CC[C@H](C)N(CC(=O)N(Cc1ccco1)C[C@H]1CCCO1)C(=O)C[C@@H](C)CC(C)(C)C. The number of hydrogen-bond donors (Lipinski definition) is 0. The highest BCUT2D eigenvalue weighted by Crippen LogP contribution is 2.27. The summed E-state index contributed by atoms with van der Waals surface area (Å²) in [5.74, 6) is 1.03. The lowest BCUT2D eigenvalue weighted by Gasteiger charge is -2.33. The van der Waals surface area contributed by atoms with Crippen LogP contribution >= 0.6 is 0 Å². The summed E-state index contributed by atoms with van der Waals surface area (Å²) in [4.78, 5) is 30.1. The molecule has 176 valence electrons. The summed E-state index contributed by atoms with van der Waals surface area (Å²) in [5, 5.41) is 0. The van der Waals surface area contributed by atoms with E-state index in [0.29, 0.717) is 19.5 Å². The Bertz CT molecular complexity index is 674. The van der Waals surface area contributed by atoms with E-state index < -0.39 is 0 Å². The highest BCUT2D eigenvalue weighted by Gasteiger charge is 2.29. The van der Waals surface area contributed by atoms with Crippen LogP contribution in [0.1, 0.15) is 79.4 Å². The predicted molar refractivity (Wildman–Crippen MR) is 122 cm³/mol. The first-order chi connectivity index (χ1) is 14.6. The van der Waals surface area contributed by atoms with E-state index in [9.17, 15) is 9.59 Å². The molecule has 2 rings (SSSR count). The van der Waals surface area contributed by atoms with Gasteiger partial charge in [-0.25, -0.2) is 0 Å². The van der Waals surface area contributed by atoms with Crippen LogP contribution in [0.25, 0.3) is 0 Å². The van der Waals surface area contributed by atoms with E-state index in [0.717, 1.165) is 38.1 Å². The first-order valence-corrected chi connectivity index (χ1v) is 11.8. The fourth-order valence-corrected chi connectivity index (χ4v) is 4.37. The minimum atomic E-state index is -0.0518. The zero-order chi connectivity index (χ0) is 23.0. The highest BCUT2D eigenvalue weighted by atomic mass is 16.5. The van der Waals surface area contributed by atoms with Crippen molar-refractivity contribution in [2.75, 3.05) is 19.7 Å². The second-order valence-electron chi connectivity index (χ2n) is 10.3. The summed E-state index contributed by atoms with van der Waals surface area (Å²) >= 11 is 0. The fraction of sp³-hybridized carbons (Fsp3) is 0.760. The molecule has 1 fully saturated rings. The Kier molecular flexibility index (Phi) is 9.60. The molecule has 0 bridgehead atoms. The number of ether oxygens (including phenoxy) is 1. The molecule has 1 aliphatic rings. The third-order valence-corrected chi connectivity index (χ3v) is 5.96. The van der Waals surface area contributed by atoms with Crippen molar-refractivity contribution < 1.29 is 18.7 Å². The summed E-state index contributed by atoms with van der Waals surface area (Å²) in [6.07, 6.45) is 5.92. The Morgan fingerprint density at radius 1 is 1.23 bits per heavy atom. The van der Waals surface area contributed by atoms with E-state index in [1.54, 1.807) is 16.1 Å². The number of furan rings is 1. The Hall–Kier alpha value is -1.82. The number of carbonyl (C=O) groups excluding carboxylic acids is 2. The molecule has 0 N–H and O–H groups in total.